The highest BCUT2D eigenvalue weighted by Gasteiger charge is 2.15. The molecule has 0 radical (unpaired) electrons. The van der Waals surface area contributed by atoms with Gasteiger partial charge in [0.2, 0.25) is 5.91 Å². The molecule has 0 spiro atoms. The highest BCUT2D eigenvalue weighted by atomic mass is 16.2. The number of aromatic nitrogens is 4. The van der Waals surface area contributed by atoms with Gasteiger partial charge in [-0.2, -0.15) is 0 Å². The van der Waals surface area contributed by atoms with Gasteiger partial charge in [0.25, 0.3) is 0 Å². The molecule has 2 heterocycles. The van der Waals surface area contributed by atoms with Crippen LogP contribution in [0.2, 0.25) is 0 Å². The minimum absolute atomic E-state index is 0.0152. The van der Waals surface area contributed by atoms with Crippen molar-refractivity contribution in [3.8, 4) is 0 Å². The number of rotatable bonds is 6. The molecule has 1 amide bonds. The van der Waals surface area contributed by atoms with E-state index in [1.807, 2.05) is 55.5 Å². The fourth-order valence-corrected chi connectivity index (χ4v) is 3.72. The molecular formula is C21H23N5O2. The summed E-state index contributed by atoms with van der Waals surface area (Å²) in [5.74, 6) is 0.594. The van der Waals surface area contributed by atoms with Crippen molar-refractivity contribution < 1.29 is 4.79 Å². The maximum atomic E-state index is 12.7. The van der Waals surface area contributed by atoms with Gasteiger partial charge in [-0.15, -0.1) is 0 Å². The van der Waals surface area contributed by atoms with E-state index in [-0.39, 0.29) is 18.1 Å². The Balaban J connectivity index is 1.56. The van der Waals surface area contributed by atoms with Gasteiger partial charge in [-0.25, -0.2) is 9.78 Å². The lowest BCUT2D eigenvalue weighted by Crippen LogP contribution is -2.33. The molecule has 1 N–H and O–H groups in total. The monoisotopic (exact) mass is 377 g/mol. The van der Waals surface area contributed by atoms with Crippen molar-refractivity contribution in [3.05, 3.63) is 64.8 Å². The van der Waals surface area contributed by atoms with Gasteiger partial charge in [-0.3, -0.25) is 13.9 Å². The Morgan fingerprint density at radius 1 is 0.893 bits per heavy atom. The Kier molecular flexibility index (Phi) is 4.73. The molecular weight excluding hydrogens is 354 g/mol. The fourth-order valence-electron chi connectivity index (χ4n) is 3.72. The molecule has 0 fully saturated rings. The average molecular weight is 377 g/mol. The smallest absolute Gasteiger partial charge is 0.329 e. The molecule has 4 rings (SSSR count). The third kappa shape index (κ3) is 2.98. The van der Waals surface area contributed by atoms with Gasteiger partial charge in [0.05, 0.1) is 28.6 Å². The molecule has 7 heteroatoms. The lowest BCUT2D eigenvalue weighted by molar-refractivity contribution is -0.121. The fraction of sp³-hybridized carbons (Fsp3) is 0.286. The van der Waals surface area contributed by atoms with Gasteiger partial charge in [0.1, 0.15) is 12.4 Å². The number of imidazole rings is 2. The molecule has 0 atom stereocenters. The summed E-state index contributed by atoms with van der Waals surface area (Å²) >= 11 is 0. The van der Waals surface area contributed by atoms with Crippen LogP contribution in [0.3, 0.4) is 0 Å². The van der Waals surface area contributed by atoms with Gasteiger partial charge >= 0.3 is 5.69 Å². The van der Waals surface area contributed by atoms with Crippen LogP contribution in [-0.4, -0.2) is 24.6 Å². The van der Waals surface area contributed by atoms with Crippen molar-refractivity contribution in [2.75, 3.05) is 0 Å². The Morgan fingerprint density at radius 2 is 1.50 bits per heavy atom. The van der Waals surface area contributed by atoms with E-state index in [4.69, 9.17) is 0 Å². The van der Waals surface area contributed by atoms with Crippen LogP contribution in [0.15, 0.2) is 53.3 Å². The van der Waals surface area contributed by atoms with Crippen LogP contribution in [0.25, 0.3) is 22.1 Å². The third-order valence-corrected chi connectivity index (χ3v) is 5.04. The van der Waals surface area contributed by atoms with Crippen molar-refractivity contribution in [1.82, 2.24) is 24.0 Å². The van der Waals surface area contributed by atoms with E-state index >= 15 is 0 Å². The summed E-state index contributed by atoms with van der Waals surface area (Å²) < 4.78 is 5.29. The van der Waals surface area contributed by atoms with Crippen molar-refractivity contribution in [3.63, 3.8) is 0 Å². The molecule has 7 nitrogen and oxygen atoms in total. The molecule has 4 aromatic rings. The number of carbonyl (C=O) groups excluding carboxylic acids is 1. The van der Waals surface area contributed by atoms with Gasteiger partial charge in [-0.1, -0.05) is 24.3 Å². The molecule has 0 unspecified atom stereocenters. The van der Waals surface area contributed by atoms with Crippen LogP contribution >= 0.6 is 0 Å². The molecule has 2 aromatic heterocycles. The first kappa shape index (κ1) is 18.0. The number of carbonyl (C=O) groups is 1. The van der Waals surface area contributed by atoms with Crippen LogP contribution < -0.4 is 11.0 Å². The van der Waals surface area contributed by atoms with Gasteiger partial charge < -0.3 is 9.88 Å². The second kappa shape index (κ2) is 7.34. The number of hydrogen-bond acceptors (Lipinski definition) is 3. The van der Waals surface area contributed by atoms with E-state index in [0.717, 1.165) is 34.4 Å². The van der Waals surface area contributed by atoms with Crippen molar-refractivity contribution in [1.29, 1.82) is 0 Å². The summed E-state index contributed by atoms with van der Waals surface area (Å²) in [4.78, 5) is 29.9. The number of aryl methyl sites for hydroxylation is 2. The Labute approximate surface area is 162 Å². The summed E-state index contributed by atoms with van der Waals surface area (Å²) in [6.07, 6.45) is 0. The van der Waals surface area contributed by atoms with E-state index < -0.39 is 0 Å². The van der Waals surface area contributed by atoms with Crippen molar-refractivity contribution >= 4 is 28.0 Å². The maximum Gasteiger partial charge on any atom is 0.329 e. The maximum absolute atomic E-state index is 12.7. The normalized spacial score (nSPS) is 11.4. The molecule has 144 valence electrons. The Bertz CT molecular complexity index is 1210. The zero-order chi connectivity index (χ0) is 19.7. The number of amides is 1. The lowest BCUT2D eigenvalue weighted by Gasteiger charge is -2.08. The van der Waals surface area contributed by atoms with Crippen LogP contribution in [0.4, 0.5) is 0 Å². The number of para-hydroxylation sites is 4. The largest absolute Gasteiger partial charge is 0.347 e. The van der Waals surface area contributed by atoms with Crippen molar-refractivity contribution in [2.24, 2.45) is 0 Å². The summed E-state index contributed by atoms with van der Waals surface area (Å²) in [6, 6.07) is 15.5. The predicted molar refractivity (Wildman–Crippen MR) is 109 cm³/mol. The number of hydrogen-bond donors (Lipinski definition) is 1. The minimum Gasteiger partial charge on any atom is -0.347 e. The average Bonchev–Trinajstić information content (AvgIpc) is 3.21. The lowest BCUT2D eigenvalue weighted by atomic mass is 10.3. The summed E-state index contributed by atoms with van der Waals surface area (Å²) in [6.45, 7) is 5.62. The quantitative estimate of drug-likeness (QED) is 0.561. The van der Waals surface area contributed by atoms with E-state index in [0.29, 0.717) is 13.1 Å². The molecule has 0 saturated heterocycles. The van der Waals surface area contributed by atoms with Crippen LogP contribution in [-0.2, 0) is 31.0 Å². The van der Waals surface area contributed by atoms with E-state index in [2.05, 4.69) is 21.8 Å². The van der Waals surface area contributed by atoms with Gasteiger partial charge in [0.15, 0.2) is 0 Å². The number of nitrogens with zero attached hydrogens (tertiary/aromatic N) is 4. The number of fused-ring (bicyclic) bond motifs is 2. The zero-order valence-electron chi connectivity index (χ0n) is 16.1. The number of nitrogens with one attached hydrogen (secondary N) is 1. The standard InChI is InChI=1S/C21H23N5O2/c1-3-24-16-10-6-5-9-15(16)23-19(24)13-22-20(27)14-26-18-12-8-7-11-17(18)25(4-2)21(26)28/h5-12H,3-4,13-14H2,1-2H3,(H,22,27). The van der Waals surface area contributed by atoms with E-state index in [1.165, 1.54) is 4.57 Å². The van der Waals surface area contributed by atoms with Crippen molar-refractivity contribution in [2.45, 2.75) is 40.0 Å². The topological polar surface area (TPSA) is 73.8 Å². The molecule has 0 saturated carbocycles. The van der Waals surface area contributed by atoms with Crippen LogP contribution in [0.1, 0.15) is 19.7 Å². The zero-order valence-corrected chi connectivity index (χ0v) is 16.1. The Hall–Kier alpha value is -3.35. The molecule has 28 heavy (non-hydrogen) atoms. The van der Waals surface area contributed by atoms with E-state index in [1.54, 1.807) is 4.57 Å². The SMILES string of the molecule is CCn1c(CNC(=O)Cn2c(=O)n(CC)c3ccccc32)nc2ccccc21. The summed E-state index contributed by atoms with van der Waals surface area (Å²) in [5.41, 5.74) is 3.41. The molecule has 2 aromatic carbocycles. The first-order valence-electron chi connectivity index (χ1n) is 9.53. The summed E-state index contributed by atoms with van der Waals surface area (Å²) in [7, 11) is 0. The Morgan fingerprint density at radius 3 is 2.18 bits per heavy atom. The predicted octanol–water partition coefficient (Wildman–Crippen LogP) is 2.51. The first-order valence-corrected chi connectivity index (χ1v) is 9.53. The second-order valence-electron chi connectivity index (χ2n) is 6.64. The van der Waals surface area contributed by atoms with Crippen LogP contribution in [0.5, 0.6) is 0 Å². The van der Waals surface area contributed by atoms with Crippen LogP contribution in [0, 0.1) is 0 Å². The van der Waals surface area contributed by atoms with Gasteiger partial charge in [0, 0.05) is 13.1 Å². The molecule has 0 bridgehead atoms. The number of benzene rings is 2. The minimum atomic E-state index is -0.212. The highest BCUT2D eigenvalue weighted by Crippen LogP contribution is 2.16. The second-order valence-corrected chi connectivity index (χ2v) is 6.64. The third-order valence-electron chi connectivity index (χ3n) is 5.04. The summed E-state index contributed by atoms with van der Waals surface area (Å²) in [5, 5.41) is 2.91. The van der Waals surface area contributed by atoms with E-state index in [9.17, 15) is 9.59 Å². The van der Waals surface area contributed by atoms with Gasteiger partial charge in [-0.05, 0) is 38.1 Å². The molecule has 0 aliphatic carbocycles. The highest BCUT2D eigenvalue weighted by molar-refractivity contribution is 5.81. The molecule has 0 aliphatic rings. The molecule has 0 aliphatic heterocycles. The first-order chi connectivity index (χ1) is 13.6.